The number of rotatable bonds is 45. The van der Waals surface area contributed by atoms with Crippen LogP contribution in [0.15, 0.2) is 72.9 Å². The fraction of sp³-hybridized carbons (Fsp3) is 0.727. The van der Waals surface area contributed by atoms with E-state index in [1.807, 2.05) is 6.08 Å². The van der Waals surface area contributed by atoms with Gasteiger partial charge in [0.15, 0.2) is 6.10 Å². The second-order valence-corrected chi connectivity index (χ2v) is 16.7. The van der Waals surface area contributed by atoms with Crippen LogP contribution in [0.2, 0.25) is 0 Å². The number of unbranched alkanes of at least 4 members (excludes halogenated alkanes) is 23. The van der Waals surface area contributed by atoms with Crippen molar-refractivity contribution in [2.75, 3.05) is 13.2 Å². The predicted octanol–water partition coefficient (Wildman–Crippen LogP) is 16.6. The van der Waals surface area contributed by atoms with Gasteiger partial charge in [-0.1, -0.05) is 203 Å². The van der Waals surface area contributed by atoms with Crippen LogP contribution in [0.4, 0.5) is 0 Å². The van der Waals surface area contributed by atoms with Crippen molar-refractivity contribution in [3.05, 3.63) is 72.9 Å². The monoisotopic (exact) mass is 851 g/mol. The zero-order valence-corrected chi connectivity index (χ0v) is 39.9. The Kier molecular flexibility index (Phi) is 46.9. The molecule has 0 aromatic rings. The Morgan fingerprint density at radius 2 is 0.721 bits per heavy atom. The molecular formula is C55H94O6. The van der Waals surface area contributed by atoms with Gasteiger partial charge in [-0.15, -0.1) is 0 Å². The quantitative estimate of drug-likeness (QED) is 0.0200. The van der Waals surface area contributed by atoms with Crippen molar-refractivity contribution in [3.8, 4) is 0 Å². The van der Waals surface area contributed by atoms with E-state index in [0.717, 1.165) is 83.5 Å². The number of hydrogen-bond acceptors (Lipinski definition) is 6. The van der Waals surface area contributed by atoms with Gasteiger partial charge >= 0.3 is 17.9 Å². The smallest absolute Gasteiger partial charge is 0.306 e. The van der Waals surface area contributed by atoms with Crippen LogP contribution in [0, 0.1) is 0 Å². The van der Waals surface area contributed by atoms with Crippen molar-refractivity contribution in [2.45, 2.75) is 245 Å². The highest BCUT2D eigenvalue weighted by Gasteiger charge is 2.19. The van der Waals surface area contributed by atoms with Gasteiger partial charge in [-0.3, -0.25) is 14.4 Å². The summed E-state index contributed by atoms with van der Waals surface area (Å²) >= 11 is 0. The Labute approximate surface area is 376 Å². The summed E-state index contributed by atoms with van der Waals surface area (Å²) in [6, 6.07) is 0. The molecule has 6 heteroatoms. The number of hydrogen-bond donors (Lipinski definition) is 0. The van der Waals surface area contributed by atoms with Gasteiger partial charge in [0.05, 0.1) is 0 Å². The average Bonchev–Trinajstić information content (AvgIpc) is 3.26. The molecule has 0 N–H and O–H groups in total. The highest BCUT2D eigenvalue weighted by Crippen LogP contribution is 2.13. The molecule has 1 atom stereocenters. The van der Waals surface area contributed by atoms with Crippen molar-refractivity contribution in [1.29, 1.82) is 0 Å². The van der Waals surface area contributed by atoms with Gasteiger partial charge in [-0.25, -0.2) is 0 Å². The molecule has 1 unspecified atom stereocenters. The van der Waals surface area contributed by atoms with Crippen LogP contribution in [0.1, 0.15) is 239 Å². The second-order valence-electron chi connectivity index (χ2n) is 16.7. The number of ether oxygens (including phenoxy) is 3. The molecule has 0 amide bonds. The van der Waals surface area contributed by atoms with Crippen LogP contribution in [0.3, 0.4) is 0 Å². The number of allylic oxidation sites excluding steroid dienone is 12. The zero-order valence-electron chi connectivity index (χ0n) is 39.9. The Bertz CT molecular complexity index is 1160. The number of carbonyl (C=O) groups excluding carboxylic acids is 3. The van der Waals surface area contributed by atoms with Crippen LogP contribution in [0.5, 0.6) is 0 Å². The van der Waals surface area contributed by atoms with Crippen LogP contribution >= 0.6 is 0 Å². The van der Waals surface area contributed by atoms with E-state index in [2.05, 4.69) is 87.6 Å². The SMILES string of the molecule is CC/C=C/C/C=C/CCCCCCCCCC(=O)OC(COC(=O)CC/C=C/C/C=C/CCCCCCCC)COC(=O)CCCCC/C=C/C=C/CCCCCCCCC. The highest BCUT2D eigenvalue weighted by atomic mass is 16.6. The normalized spacial score (nSPS) is 12.6. The molecule has 0 fully saturated rings. The van der Waals surface area contributed by atoms with Gasteiger partial charge in [-0.05, 0) is 89.9 Å². The summed E-state index contributed by atoms with van der Waals surface area (Å²) in [4.78, 5) is 37.9. The molecule has 0 bridgehead atoms. The Morgan fingerprint density at radius 1 is 0.361 bits per heavy atom. The zero-order chi connectivity index (χ0) is 44.4. The maximum absolute atomic E-state index is 12.8. The van der Waals surface area contributed by atoms with Crippen molar-refractivity contribution in [1.82, 2.24) is 0 Å². The summed E-state index contributed by atoms with van der Waals surface area (Å²) < 4.78 is 16.7. The summed E-state index contributed by atoms with van der Waals surface area (Å²) in [6.45, 7) is 6.43. The van der Waals surface area contributed by atoms with Gasteiger partial charge in [-0.2, -0.15) is 0 Å². The first-order valence-electron chi connectivity index (χ1n) is 25.5. The van der Waals surface area contributed by atoms with Gasteiger partial charge < -0.3 is 14.2 Å². The molecule has 61 heavy (non-hydrogen) atoms. The van der Waals surface area contributed by atoms with Crippen molar-refractivity contribution in [2.24, 2.45) is 0 Å². The first kappa shape index (κ1) is 57.9. The molecule has 350 valence electrons. The minimum Gasteiger partial charge on any atom is -0.462 e. The predicted molar refractivity (Wildman–Crippen MR) is 261 cm³/mol. The molecule has 6 nitrogen and oxygen atoms in total. The lowest BCUT2D eigenvalue weighted by molar-refractivity contribution is -0.166. The molecule has 0 aliphatic rings. The minimum absolute atomic E-state index is 0.110. The summed E-state index contributed by atoms with van der Waals surface area (Å²) in [5.41, 5.74) is 0. The largest absolute Gasteiger partial charge is 0.462 e. The summed E-state index contributed by atoms with van der Waals surface area (Å²) in [5, 5.41) is 0. The molecule has 0 rings (SSSR count). The summed E-state index contributed by atoms with van der Waals surface area (Å²) in [6.07, 6.45) is 61.8. The molecule has 0 aromatic heterocycles. The number of esters is 3. The minimum atomic E-state index is -0.812. The number of carbonyl (C=O) groups is 3. The third-order valence-electron chi connectivity index (χ3n) is 10.7. The van der Waals surface area contributed by atoms with E-state index in [-0.39, 0.29) is 37.5 Å². The maximum atomic E-state index is 12.8. The maximum Gasteiger partial charge on any atom is 0.306 e. The van der Waals surface area contributed by atoms with Gasteiger partial charge in [0, 0.05) is 19.3 Å². The van der Waals surface area contributed by atoms with E-state index in [0.29, 0.717) is 19.3 Å². The molecule has 0 aliphatic carbocycles. The molecular weight excluding hydrogens is 757 g/mol. The van der Waals surface area contributed by atoms with Crippen molar-refractivity contribution < 1.29 is 28.6 Å². The lowest BCUT2D eigenvalue weighted by Gasteiger charge is -2.18. The molecule has 0 saturated heterocycles. The Hall–Kier alpha value is -3.15. The van der Waals surface area contributed by atoms with Gasteiger partial charge in [0.25, 0.3) is 0 Å². The van der Waals surface area contributed by atoms with E-state index in [1.54, 1.807) is 0 Å². The first-order chi connectivity index (χ1) is 30.0. The molecule has 0 radical (unpaired) electrons. The topological polar surface area (TPSA) is 78.9 Å². The third kappa shape index (κ3) is 47.7. The molecule has 0 saturated carbocycles. The molecule has 0 spiro atoms. The lowest BCUT2D eigenvalue weighted by atomic mass is 10.1. The van der Waals surface area contributed by atoms with E-state index in [9.17, 15) is 14.4 Å². The van der Waals surface area contributed by atoms with E-state index in [1.165, 1.54) is 109 Å². The lowest BCUT2D eigenvalue weighted by Crippen LogP contribution is -2.30. The fourth-order valence-corrected chi connectivity index (χ4v) is 6.88. The summed E-state index contributed by atoms with van der Waals surface area (Å²) in [5.74, 6) is -1.01. The van der Waals surface area contributed by atoms with E-state index in [4.69, 9.17) is 14.2 Å². The van der Waals surface area contributed by atoms with Gasteiger partial charge in [0.2, 0.25) is 0 Å². The summed E-state index contributed by atoms with van der Waals surface area (Å²) in [7, 11) is 0. The van der Waals surface area contributed by atoms with E-state index >= 15 is 0 Å². The van der Waals surface area contributed by atoms with Crippen molar-refractivity contribution >= 4 is 17.9 Å². The second kappa shape index (κ2) is 49.5. The standard InChI is InChI=1S/C55H94O6/c1-4-7-10-13-16-19-22-25-27-28-31-33-36-39-42-45-48-54(57)60-51-52(50-59-53(56)47-44-41-38-35-32-29-24-21-18-15-12-9-6-3)61-55(58)49-46-43-40-37-34-30-26-23-20-17-14-11-8-5-2/h8,11,17,20,27-29,31-33,38,41,52H,4-7,9-10,12-16,18-19,21-26,30,34-37,39-40,42-51H2,1-3H3/b11-8+,20-17+,28-27+,32-29+,33-31+,41-38+. The molecule has 0 aliphatic heterocycles. The highest BCUT2D eigenvalue weighted by molar-refractivity contribution is 5.71. The third-order valence-corrected chi connectivity index (χ3v) is 10.7. The van der Waals surface area contributed by atoms with Crippen LogP contribution in [-0.2, 0) is 28.6 Å². The fourth-order valence-electron chi connectivity index (χ4n) is 6.88. The first-order valence-corrected chi connectivity index (χ1v) is 25.5. The van der Waals surface area contributed by atoms with Gasteiger partial charge in [0.1, 0.15) is 13.2 Å². The van der Waals surface area contributed by atoms with Crippen LogP contribution in [-0.4, -0.2) is 37.2 Å². The van der Waals surface area contributed by atoms with Crippen LogP contribution in [0.25, 0.3) is 0 Å². The Morgan fingerprint density at radius 3 is 1.20 bits per heavy atom. The average molecular weight is 851 g/mol. The molecule has 0 aromatic carbocycles. The van der Waals surface area contributed by atoms with E-state index < -0.39 is 6.10 Å². The Balaban J connectivity index is 4.49. The molecule has 0 heterocycles. The van der Waals surface area contributed by atoms with Crippen LogP contribution < -0.4 is 0 Å². The van der Waals surface area contributed by atoms with Crippen molar-refractivity contribution in [3.63, 3.8) is 0 Å².